The van der Waals surface area contributed by atoms with Crippen LogP contribution >= 0.6 is 0 Å². The molecule has 2 aromatic rings. The highest BCUT2D eigenvalue weighted by atomic mass is 16.5. The van der Waals surface area contributed by atoms with Crippen LogP contribution in [0.5, 0.6) is 5.75 Å². The second kappa shape index (κ2) is 7.95. The van der Waals surface area contributed by atoms with Crippen molar-refractivity contribution in [2.75, 3.05) is 6.61 Å². The standard InChI is InChI=1S/C20H26N2O2/c1-15(13-16-9-7-8-12-21-16)22-19(23)14-24-18-11-6-5-10-17(18)20(2,3)4/h5-12,15H,13-14H2,1-4H3,(H,22,23). The number of carbonyl (C=O) groups is 1. The first-order valence-electron chi connectivity index (χ1n) is 8.28. The second-order valence-corrected chi connectivity index (χ2v) is 7.03. The van der Waals surface area contributed by atoms with Crippen LogP contribution in [-0.2, 0) is 16.6 Å². The van der Waals surface area contributed by atoms with E-state index in [0.29, 0.717) is 6.42 Å². The third-order valence-electron chi connectivity index (χ3n) is 3.70. The van der Waals surface area contributed by atoms with Gasteiger partial charge in [-0.2, -0.15) is 0 Å². The molecule has 0 aliphatic rings. The number of hydrogen-bond donors (Lipinski definition) is 1. The summed E-state index contributed by atoms with van der Waals surface area (Å²) in [5.74, 6) is 0.639. The van der Waals surface area contributed by atoms with Gasteiger partial charge < -0.3 is 10.1 Å². The molecule has 1 aromatic carbocycles. The lowest BCUT2D eigenvalue weighted by atomic mass is 9.86. The predicted molar refractivity (Wildman–Crippen MR) is 96.2 cm³/mol. The smallest absolute Gasteiger partial charge is 0.258 e. The normalized spacial score (nSPS) is 12.5. The SMILES string of the molecule is CC(Cc1ccccn1)NC(=O)COc1ccccc1C(C)(C)C. The Bertz CT molecular complexity index is 663. The Hall–Kier alpha value is -2.36. The van der Waals surface area contributed by atoms with Gasteiger partial charge in [-0.25, -0.2) is 0 Å². The van der Waals surface area contributed by atoms with E-state index in [1.54, 1.807) is 6.20 Å². The Morgan fingerprint density at radius 3 is 2.54 bits per heavy atom. The van der Waals surface area contributed by atoms with Crippen molar-refractivity contribution in [2.24, 2.45) is 0 Å². The molecule has 1 atom stereocenters. The molecule has 1 N–H and O–H groups in total. The maximum Gasteiger partial charge on any atom is 0.258 e. The summed E-state index contributed by atoms with van der Waals surface area (Å²) in [4.78, 5) is 16.4. The summed E-state index contributed by atoms with van der Waals surface area (Å²) in [6.07, 6.45) is 2.46. The summed E-state index contributed by atoms with van der Waals surface area (Å²) < 4.78 is 5.75. The van der Waals surface area contributed by atoms with Crippen molar-refractivity contribution >= 4 is 5.91 Å². The van der Waals surface area contributed by atoms with E-state index in [4.69, 9.17) is 4.74 Å². The third-order valence-corrected chi connectivity index (χ3v) is 3.70. The Kier molecular flexibility index (Phi) is 5.96. The molecule has 4 nitrogen and oxygen atoms in total. The number of aromatic nitrogens is 1. The third kappa shape index (κ3) is 5.37. The second-order valence-electron chi connectivity index (χ2n) is 7.03. The van der Waals surface area contributed by atoms with E-state index >= 15 is 0 Å². The zero-order valence-corrected chi connectivity index (χ0v) is 14.9. The fraction of sp³-hybridized carbons (Fsp3) is 0.400. The Labute approximate surface area is 144 Å². The molecule has 24 heavy (non-hydrogen) atoms. The molecule has 0 aliphatic carbocycles. The van der Waals surface area contributed by atoms with E-state index in [0.717, 1.165) is 17.0 Å². The highest BCUT2D eigenvalue weighted by Gasteiger charge is 2.19. The molecular formula is C20H26N2O2. The molecule has 2 rings (SSSR count). The van der Waals surface area contributed by atoms with Crippen LogP contribution in [0.1, 0.15) is 39.0 Å². The monoisotopic (exact) mass is 326 g/mol. The zero-order chi connectivity index (χ0) is 17.6. The van der Waals surface area contributed by atoms with Crippen LogP contribution in [0.3, 0.4) is 0 Å². The van der Waals surface area contributed by atoms with Crippen LogP contribution in [0.25, 0.3) is 0 Å². The number of ether oxygens (including phenoxy) is 1. The van der Waals surface area contributed by atoms with Crippen LogP contribution in [0, 0.1) is 0 Å². The van der Waals surface area contributed by atoms with Gasteiger partial charge in [-0.1, -0.05) is 45.0 Å². The van der Waals surface area contributed by atoms with Crippen molar-refractivity contribution in [1.29, 1.82) is 0 Å². The number of nitrogens with one attached hydrogen (secondary N) is 1. The van der Waals surface area contributed by atoms with Crippen LogP contribution < -0.4 is 10.1 Å². The van der Waals surface area contributed by atoms with Crippen LogP contribution in [0.15, 0.2) is 48.7 Å². The number of carbonyl (C=O) groups excluding carboxylic acids is 1. The molecule has 4 heteroatoms. The molecule has 1 heterocycles. The van der Waals surface area contributed by atoms with E-state index < -0.39 is 0 Å². The first-order chi connectivity index (χ1) is 11.4. The summed E-state index contributed by atoms with van der Waals surface area (Å²) in [6.45, 7) is 8.37. The molecule has 0 aliphatic heterocycles. The van der Waals surface area contributed by atoms with Gasteiger partial charge in [-0.15, -0.1) is 0 Å². The van der Waals surface area contributed by atoms with Crippen molar-refractivity contribution in [2.45, 2.75) is 45.6 Å². The lowest BCUT2D eigenvalue weighted by Crippen LogP contribution is -2.37. The Balaban J connectivity index is 1.88. The van der Waals surface area contributed by atoms with Crippen LogP contribution in [-0.4, -0.2) is 23.5 Å². The number of hydrogen-bond acceptors (Lipinski definition) is 3. The quantitative estimate of drug-likeness (QED) is 0.884. The Morgan fingerprint density at radius 2 is 1.88 bits per heavy atom. The molecule has 128 valence electrons. The van der Waals surface area contributed by atoms with Crippen LogP contribution in [0.4, 0.5) is 0 Å². The molecule has 0 saturated heterocycles. The molecule has 0 bridgehead atoms. The largest absolute Gasteiger partial charge is 0.483 e. The van der Waals surface area contributed by atoms with Gasteiger partial charge in [0.05, 0.1) is 0 Å². The summed E-state index contributed by atoms with van der Waals surface area (Å²) in [6, 6.07) is 13.7. The molecule has 1 amide bonds. The van der Waals surface area contributed by atoms with Gasteiger partial charge in [0.15, 0.2) is 6.61 Å². The van der Waals surface area contributed by atoms with E-state index in [-0.39, 0.29) is 24.0 Å². The lowest BCUT2D eigenvalue weighted by Gasteiger charge is -2.22. The molecule has 0 radical (unpaired) electrons. The van der Waals surface area contributed by atoms with Gasteiger partial charge in [0, 0.05) is 24.4 Å². The summed E-state index contributed by atoms with van der Waals surface area (Å²) in [7, 11) is 0. The van der Waals surface area contributed by atoms with Gasteiger partial charge in [-0.05, 0) is 36.1 Å². The van der Waals surface area contributed by atoms with Crippen LogP contribution in [0.2, 0.25) is 0 Å². The Morgan fingerprint density at radius 1 is 1.17 bits per heavy atom. The van der Waals surface area contributed by atoms with Crippen molar-refractivity contribution in [3.63, 3.8) is 0 Å². The molecule has 1 unspecified atom stereocenters. The highest BCUT2D eigenvalue weighted by molar-refractivity contribution is 5.77. The van der Waals surface area contributed by atoms with Crippen molar-refractivity contribution in [1.82, 2.24) is 10.3 Å². The number of benzene rings is 1. The summed E-state index contributed by atoms with van der Waals surface area (Å²) in [5.41, 5.74) is 2.03. The zero-order valence-electron chi connectivity index (χ0n) is 14.9. The molecule has 0 saturated carbocycles. The highest BCUT2D eigenvalue weighted by Crippen LogP contribution is 2.30. The van der Waals surface area contributed by atoms with Gasteiger partial charge in [-0.3, -0.25) is 9.78 Å². The fourth-order valence-corrected chi connectivity index (χ4v) is 2.56. The average molecular weight is 326 g/mol. The maximum absolute atomic E-state index is 12.1. The van der Waals surface area contributed by atoms with Crippen molar-refractivity contribution < 1.29 is 9.53 Å². The lowest BCUT2D eigenvalue weighted by molar-refractivity contribution is -0.123. The van der Waals surface area contributed by atoms with Gasteiger partial charge >= 0.3 is 0 Å². The van der Waals surface area contributed by atoms with Crippen molar-refractivity contribution in [3.05, 3.63) is 59.9 Å². The minimum Gasteiger partial charge on any atom is -0.483 e. The van der Waals surface area contributed by atoms with E-state index in [1.165, 1.54) is 0 Å². The fourth-order valence-electron chi connectivity index (χ4n) is 2.56. The van der Waals surface area contributed by atoms with Gasteiger partial charge in [0.2, 0.25) is 0 Å². The number of rotatable bonds is 6. The van der Waals surface area contributed by atoms with E-state index in [1.807, 2.05) is 49.4 Å². The molecule has 0 spiro atoms. The first kappa shape index (κ1) is 18.0. The average Bonchev–Trinajstić information content (AvgIpc) is 2.53. The summed E-state index contributed by atoms with van der Waals surface area (Å²) in [5, 5.41) is 2.95. The van der Waals surface area contributed by atoms with Gasteiger partial charge in [0.25, 0.3) is 5.91 Å². The topological polar surface area (TPSA) is 51.2 Å². The molecule has 0 fully saturated rings. The minimum absolute atomic E-state index is 0.00820. The van der Waals surface area contributed by atoms with Crippen molar-refractivity contribution in [3.8, 4) is 5.75 Å². The number of nitrogens with zero attached hydrogens (tertiary/aromatic N) is 1. The first-order valence-corrected chi connectivity index (χ1v) is 8.28. The molecule has 1 aromatic heterocycles. The van der Waals surface area contributed by atoms with Gasteiger partial charge in [0.1, 0.15) is 5.75 Å². The number of amides is 1. The van der Waals surface area contributed by atoms with E-state index in [2.05, 4.69) is 31.1 Å². The maximum atomic E-state index is 12.1. The number of para-hydroxylation sites is 1. The minimum atomic E-state index is -0.123. The number of pyridine rings is 1. The predicted octanol–water partition coefficient (Wildman–Crippen LogP) is 3.51. The molecular weight excluding hydrogens is 300 g/mol. The van der Waals surface area contributed by atoms with E-state index in [9.17, 15) is 4.79 Å². The summed E-state index contributed by atoms with van der Waals surface area (Å²) >= 11 is 0.